The van der Waals surface area contributed by atoms with Gasteiger partial charge in [0, 0.05) is 18.8 Å². The van der Waals surface area contributed by atoms with Gasteiger partial charge in [0.05, 0.1) is 0 Å². The van der Waals surface area contributed by atoms with E-state index in [-0.39, 0.29) is 5.84 Å². The highest BCUT2D eigenvalue weighted by molar-refractivity contribution is 5.93. The Hall–Kier alpha value is -1.65. The third-order valence-corrected chi connectivity index (χ3v) is 3.55. The number of hydrogen-bond donors (Lipinski definition) is 2. The van der Waals surface area contributed by atoms with Gasteiger partial charge in [-0.25, -0.2) is 9.97 Å². The smallest absolute Gasteiger partial charge is 0.226 e. The molecule has 1 fully saturated rings. The normalized spacial score (nSPS) is 24.7. The lowest BCUT2D eigenvalue weighted by molar-refractivity contribution is 0.359. The highest BCUT2D eigenvalue weighted by atomic mass is 15.3. The van der Waals surface area contributed by atoms with Crippen LogP contribution in [0.1, 0.15) is 32.4 Å². The van der Waals surface area contributed by atoms with E-state index in [1.54, 1.807) is 12.3 Å². The molecule has 0 aliphatic carbocycles. The van der Waals surface area contributed by atoms with Crippen molar-refractivity contribution in [3.8, 4) is 0 Å². The van der Waals surface area contributed by atoms with Crippen LogP contribution in [0, 0.1) is 11.3 Å². The largest absolute Gasteiger partial charge is 0.382 e. The van der Waals surface area contributed by atoms with Gasteiger partial charge < -0.3 is 10.6 Å². The van der Waals surface area contributed by atoms with Crippen LogP contribution in [-0.4, -0.2) is 28.4 Å². The Kier molecular flexibility index (Phi) is 3.26. The Labute approximate surface area is 102 Å². The predicted octanol–water partition coefficient (Wildman–Crippen LogP) is 1.39. The molecule has 0 spiro atoms. The molecular weight excluding hydrogens is 214 g/mol. The number of nitrogen functional groups attached to an aromatic ring is 1. The van der Waals surface area contributed by atoms with E-state index in [0.717, 1.165) is 6.54 Å². The number of rotatable bonds is 2. The molecule has 5 nitrogen and oxygen atoms in total. The molecule has 1 saturated heterocycles. The van der Waals surface area contributed by atoms with Crippen LogP contribution in [0.5, 0.6) is 0 Å². The molecule has 3 N–H and O–H groups in total. The Morgan fingerprint density at radius 2 is 2.29 bits per heavy atom. The maximum absolute atomic E-state index is 7.40. The van der Waals surface area contributed by atoms with Crippen molar-refractivity contribution in [1.29, 1.82) is 5.41 Å². The summed E-state index contributed by atoms with van der Waals surface area (Å²) in [5.74, 6) is 1.33. The van der Waals surface area contributed by atoms with E-state index in [1.807, 2.05) is 0 Å². The minimum atomic E-state index is -0.00800. The van der Waals surface area contributed by atoms with Gasteiger partial charge in [-0.05, 0) is 31.7 Å². The van der Waals surface area contributed by atoms with Gasteiger partial charge in [-0.3, -0.25) is 5.41 Å². The molecule has 2 heterocycles. The van der Waals surface area contributed by atoms with Gasteiger partial charge in [0.25, 0.3) is 0 Å². The molecule has 17 heavy (non-hydrogen) atoms. The van der Waals surface area contributed by atoms with Crippen LogP contribution >= 0.6 is 0 Å². The van der Waals surface area contributed by atoms with E-state index in [0.29, 0.717) is 23.6 Å². The fourth-order valence-corrected chi connectivity index (χ4v) is 2.25. The molecule has 1 aromatic heterocycles. The number of nitrogens with zero attached hydrogens (tertiary/aromatic N) is 3. The molecule has 0 amide bonds. The molecule has 2 unspecified atom stereocenters. The summed E-state index contributed by atoms with van der Waals surface area (Å²) in [6, 6.07) is 2.11. The summed E-state index contributed by atoms with van der Waals surface area (Å²) >= 11 is 0. The van der Waals surface area contributed by atoms with Gasteiger partial charge in [0.1, 0.15) is 11.5 Å². The first-order valence-corrected chi connectivity index (χ1v) is 6.03. The van der Waals surface area contributed by atoms with Crippen molar-refractivity contribution >= 4 is 11.8 Å². The third-order valence-electron chi connectivity index (χ3n) is 3.55. The number of amidine groups is 1. The summed E-state index contributed by atoms with van der Waals surface area (Å²) in [6.07, 6.45) is 4.09. The van der Waals surface area contributed by atoms with Crippen LogP contribution in [0.25, 0.3) is 0 Å². The van der Waals surface area contributed by atoms with Gasteiger partial charge in [0.2, 0.25) is 5.95 Å². The summed E-state index contributed by atoms with van der Waals surface area (Å²) in [5, 5.41) is 7.40. The molecule has 0 saturated carbocycles. The summed E-state index contributed by atoms with van der Waals surface area (Å²) < 4.78 is 0. The molecule has 5 heteroatoms. The predicted molar refractivity (Wildman–Crippen MR) is 68.3 cm³/mol. The lowest BCUT2D eigenvalue weighted by Crippen LogP contribution is -2.43. The van der Waals surface area contributed by atoms with Gasteiger partial charge in [-0.1, -0.05) is 6.92 Å². The average Bonchev–Trinajstić information content (AvgIpc) is 2.33. The van der Waals surface area contributed by atoms with Gasteiger partial charge in [-0.2, -0.15) is 0 Å². The van der Waals surface area contributed by atoms with Gasteiger partial charge in [-0.15, -0.1) is 0 Å². The monoisotopic (exact) mass is 233 g/mol. The molecule has 0 bridgehead atoms. The maximum Gasteiger partial charge on any atom is 0.226 e. The number of piperidine rings is 1. The number of hydrogen-bond acceptors (Lipinski definition) is 4. The van der Waals surface area contributed by atoms with E-state index < -0.39 is 0 Å². The van der Waals surface area contributed by atoms with Crippen LogP contribution in [0.2, 0.25) is 0 Å². The zero-order chi connectivity index (χ0) is 12.4. The maximum atomic E-state index is 7.40. The van der Waals surface area contributed by atoms with E-state index in [4.69, 9.17) is 11.1 Å². The third kappa shape index (κ3) is 2.38. The first-order valence-electron chi connectivity index (χ1n) is 6.03. The Balaban J connectivity index is 2.26. The summed E-state index contributed by atoms with van der Waals surface area (Å²) in [4.78, 5) is 10.8. The number of aromatic nitrogens is 2. The highest BCUT2D eigenvalue weighted by Crippen LogP contribution is 2.25. The molecule has 0 aromatic carbocycles. The quantitative estimate of drug-likeness (QED) is 0.597. The molecule has 1 aromatic rings. The molecule has 0 radical (unpaired) electrons. The lowest BCUT2D eigenvalue weighted by atomic mass is 9.92. The number of nitrogens with one attached hydrogen (secondary N) is 1. The Morgan fingerprint density at radius 1 is 1.53 bits per heavy atom. The van der Waals surface area contributed by atoms with Crippen LogP contribution in [0.3, 0.4) is 0 Å². The van der Waals surface area contributed by atoms with E-state index >= 15 is 0 Å². The van der Waals surface area contributed by atoms with E-state index in [1.165, 1.54) is 12.8 Å². The van der Waals surface area contributed by atoms with Gasteiger partial charge >= 0.3 is 0 Å². The average molecular weight is 233 g/mol. The van der Waals surface area contributed by atoms with E-state index in [2.05, 4.69) is 28.7 Å². The van der Waals surface area contributed by atoms with Crippen molar-refractivity contribution < 1.29 is 0 Å². The fourth-order valence-electron chi connectivity index (χ4n) is 2.25. The van der Waals surface area contributed by atoms with Crippen LogP contribution in [0.4, 0.5) is 5.95 Å². The first kappa shape index (κ1) is 11.8. The van der Waals surface area contributed by atoms with Crippen molar-refractivity contribution in [2.24, 2.45) is 11.7 Å². The van der Waals surface area contributed by atoms with E-state index in [9.17, 15) is 0 Å². The topological polar surface area (TPSA) is 78.9 Å². The fraction of sp³-hybridized carbons (Fsp3) is 0.583. The number of anilines is 1. The van der Waals surface area contributed by atoms with Crippen molar-refractivity contribution in [3.05, 3.63) is 18.0 Å². The molecule has 1 aliphatic heterocycles. The van der Waals surface area contributed by atoms with Crippen molar-refractivity contribution in [1.82, 2.24) is 9.97 Å². The van der Waals surface area contributed by atoms with Crippen molar-refractivity contribution in [2.75, 3.05) is 11.4 Å². The Bertz CT molecular complexity index is 417. The van der Waals surface area contributed by atoms with Crippen molar-refractivity contribution in [2.45, 2.75) is 32.7 Å². The van der Waals surface area contributed by atoms with Crippen molar-refractivity contribution in [3.63, 3.8) is 0 Å². The first-order chi connectivity index (χ1) is 8.09. The molecule has 92 valence electrons. The minimum absolute atomic E-state index is 0.00800. The second kappa shape index (κ2) is 4.69. The second-order valence-electron chi connectivity index (χ2n) is 4.71. The Morgan fingerprint density at radius 3 is 3.00 bits per heavy atom. The molecule has 2 rings (SSSR count). The van der Waals surface area contributed by atoms with Crippen LogP contribution in [-0.2, 0) is 0 Å². The standard InChI is InChI=1S/C12H19N5/c1-8-4-3-7-17(9(8)2)12-15-6-5-10(16-12)11(13)14/h5-6,8-9H,3-4,7H2,1-2H3,(H3,13,14). The SMILES string of the molecule is CC1CCCN(c2nccc(C(=N)N)n2)C1C. The summed E-state index contributed by atoms with van der Waals surface area (Å²) in [6.45, 7) is 5.44. The minimum Gasteiger partial charge on any atom is -0.382 e. The second-order valence-corrected chi connectivity index (χ2v) is 4.71. The lowest BCUT2D eigenvalue weighted by Gasteiger charge is -2.37. The molecule has 1 aliphatic rings. The summed E-state index contributed by atoms with van der Waals surface area (Å²) in [7, 11) is 0. The summed E-state index contributed by atoms with van der Waals surface area (Å²) in [5.41, 5.74) is 5.95. The molecule has 2 atom stereocenters. The molecular formula is C12H19N5. The van der Waals surface area contributed by atoms with Crippen LogP contribution < -0.4 is 10.6 Å². The highest BCUT2D eigenvalue weighted by Gasteiger charge is 2.26. The zero-order valence-electron chi connectivity index (χ0n) is 10.3. The number of nitrogens with two attached hydrogens (primary N) is 1. The van der Waals surface area contributed by atoms with Crippen LogP contribution in [0.15, 0.2) is 12.3 Å². The zero-order valence-corrected chi connectivity index (χ0v) is 10.3. The van der Waals surface area contributed by atoms with Gasteiger partial charge in [0.15, 0.2) is 0 Å².